The van der Waals surface area contributed by atoms with Gasteiger partial charge in [0.25, 0.3) is 5.91 Å². The van der Waals surface area contributed by atoms with Gasteiger partial charge in [-0.25, -0.2) is 9.69 Å². The van der Waals surface area contributed by atoms with Crippen LogP contribution in [-0.4, -0.2) is 41.5 Å². The van der Waals surface area contributed by atoms with Gasteiger partial charge in [0.15, 0.2) is 6.04 Å². The Morgan fingerprint density at radius 2 is 1.92 bits per heavy atom. The minimum atomic E-state index is -0.791. The molecule has 2 unspecified atom stereocenters. The van der Waals surface area contributed by atoms with Gasteiger partial charge in [-0.3, -0.25) is 9.59 Å². The lowest BCUT2D eigenvalue weighted by Crippen LogP contribution is -2.38. The number of nitrogens with zero attached hydrogens (tertiary/aromatic N) is 3. The SMILES string of the molecule is CC(=O)OC1CCN2C(=O)N(c3ccc(C#N)c4ccccc34)C(=O)C12. The predicted octanol–water partition coefficient (Wildman–Crippen LogP) is 2.18. The quantitative estimate of drug-likeness (QED) is 0.612. The summed E-state index contributed by atoms with van der Waals surface area (Å²) in [6, 6.07) is 11.3. The van der Waals surface area contributed by atoms with Gasteiger partial charge in [-0.2, -0.15) is 5.26 Å². The molecule has 2 heterocycles. The fourth-order valence-electron chi connectivity index (χ4n) is 3.76. The number of nitriles is 1. The number of carbonyl (C=O) groups excluding carboxylic acids is 3. The van der Waals surface area contributed by atoms with E-state index in [4.69, 9.17) is 4.74 Å². The number of anilines is 1. The van der Waals surface area contributed by atoms with Crippen molar-refractivity contribution in [3.8, 4) is 6.07 Å². The van der Waals surface area contributed by atoms with Gasteiger partial charge in [0.1, 0.15) is 6.10 Å². The van der Waals surface area contributed by atoms with E-state index in [-0.39, 0.29) is 0 Å². The molecule has 0 saturated carbocycles. The summed E-state index contributed by atoms with van der Waals surface area (Å²) in [7, 11) is 0. The van der Waals surface area contributed by atoms with Gasteiger partial charge in [0.05, 0.1) is 17.3 Å². The number of imide groups is 1. The normalized spacial score (nSPS) is 21.8. The van der Waals surface area contributed by atoms with Crippen LogP contribution in [0, 0.1) is 11.3 Å². The zero-order chi connectivity index (χ0) is 18.4. The lowest BCUT2D eigenvalue weighted by molar-refractivity contribution is -0.148. The predicted molar refractivity (Wildman–Crippen MR) is 92.2 cm³/mol. The Bertz CT molecular complexity index is 994. The number of amides is 3. The number of fused-ring (bicyclic) bond motifs is 2. The highest BCUT2D eigenvalue weighted by molar-refractivity contribution is 6.25. The smallest absolute Gasteiger partial charge is 0.332 e. The molecule has 2 atom stereocenters. The second-order valence-corrected chi connectivity index (χ2v) is 6.32. The van der Waals surface area contributed by atoms with Crippen LogP contribution in [0.3, 0.4) is 0 Å². The third kappa shape index (κ3) is 2.23. The average molecular weight is 349 g/mol. The van der Waals surface area contributed by atoms with Crippen molar-refractivity contribution in [3.05, 3.63) is 42.0 Å². The van der Waals surface area contributed by atoms with Gasteiger partial charge in [-0.05, 0) is 12.1 Å². The molecular formula is C19H15N3O4. The Labute approximate surface area is 149 Å². The molecule has 0 bridgehead atoms. The summed E-state index contributed by atoms with van der Waals surface area (Å²) in [5, 5.41) is 10.6. The maximum Gasteiger partial charge on any atom is 0.332 e. The number of hydrogen-bond donors (Lipinski definition) is 0. The van der Waals surface area contributed by atoms with Crippen LogP contribution in [0.15, 0.2) is 36.4 Å². The molecule has 2 aliphatic rings. The fourth-order valence-corrected chi connectivity index (χ4v) is 3.76. The molecule has 26 heavy (non-hydrogen) atoms. The molecule has 2 saturated heterocycles. The summed E-state index contributed by atoms with van der Waals surface area (Å²) >= 11 is 0. The van der Waals surface area contributed by atoms with Crippen LogP contribution < -0.4 is 4.90 Å². The van der Waals surface area contributed by atoms with Gasteiger partial charge in [0, 0.05) is 30.7 Å². The Morgan fingerprint density at radius 3 is 2.62 bits per heavy atom. The number of hydrogen-bond acceptors (Lipinski definition) is 5. The van der Waals surface area contributed by atoms with Crippen molar-refractivity contribution < 1.29 is 19.1 Å². The van der Waals surface area contributed by atoms with Gasteiger partial charge in [-0.15, -0.1) is 0 Å². The summed E-state index contributed by atoms with van der Waals surface area (Å²) in [5.41, 5.74) is 0.910. The first-order valence-electron chi connectivity index (χ1n) is 8.26. The van der Waals surface area contributed by atoms with Crippen molar-refractivity contribution in [2.45, 2.75) is 25.5 Å². The van der Waals surface area contributed by atoms with Crippen LogP contribution in [-0.2, 0) is 14.3 Å². The fraction of sp³-hybridized carbons (Fsp3) is 0.263. The molecule has 7 nitrogen and oxygen atoms in total. The van der Waals surface area contributed by atoms with E-state index in [9.17, 15) is 19.6 Å². The lowest BCUT2D eigenvalue weighted by Gasteiger charge is -2.19. The minimum Gasteiger partial charge on any atom is -0.460 e. The van der Waals surface area contributed by atoms with Crippen molar-refractivity contribution in [2.75, 3.05) is 11.4 Å². The zero-order valence-corrected chi connectivity index (χ0v) is 14.0. The van der Waals surface area contributed by atoms with Crippen LogP contribution in [0.1, 0.15) is 18.9 Å². The monoisotopic (exact) mass is 349 g/mol. The summed E-state index contributed by atoms with van der Waals surface area (Å²) in [6.07, 6.45) is -0.178. The van der Waals surface area contributed by atoms with Crippen molar-refractivity contribution in [1.82, 2.24) is 4.90 Å². The third-order valence-corrected chi connectivity index (χ3v) is 4.83. The van der Waals surface area contributed by atoms with Crippen molar-refractivity contribution in [2.24, 2.45) is 0 Å². The van der Waals surface area contributed by atoms with E-state index in [0.29, 0.717) is 35.0 Å². The molecule has 2 aliphatic heterocycles. The number of benzene rings is 2. The Balaban J connectivity index is 1.80. The van der Waals surface area contributed by atoms with Crippen LogP contribution in [0.5, 0.6) is 0 Å². The lowest BCUT2D eigenvalue weighted by atomic mass is 10.0. The van der Waals surface area contributed by atoms with Crippen molar-refractivity contribution in [3.63, 3.8) is 0 Å². The molecule has 2 aromatic carbocycles. The summed E-state index contributed by atoms with van der Waals surface area (Å²) in [5.74, 6) is -0.881. The van der Waals surface area contributed by atoms with E-state index in [1.165, 1.54) is 11.8 Å². The molecule has 0 radical (unpaired) electrons. The summed E-state index contributed by atoms with van der Waals surface area (Å²) in [6.45, 7) is 1.65. The maximum atomic E-state index is 13.0. The average Bonchev–Trinajstić information content (AvgIpc) is 3.14. The molecule has 2 fully saturated rings. The van der Waals surface area contributed by atoms with E-state index < -0.39 is 30.1 Å². The molecular weight excluding hydrogens is 334 g/mol. The van der Waals surface area contributed by atoms with Gasteiger partial charge >= 0.3 is 12.0 Å². The number of rotatable bonds is 2. The van der Waals surface area contributed by atoms with Crippen molar-refractivity contribution >= 4 is 34.4 Å². The molecule has 0 aliphatic carbocycles. The molecule has 130 valence electrons. The molecule has 7 heteroatoms. The second-order valence-electron chi connectivity index (χ2n) is 6.32. The van der Waals surface area contributed by atoms with E-state index in [1.807, 2.05) is 0 Å². The van der Waals surface area contributed by atoms with Gasteiger partial charge in [-0.1, -0.05) is 24.3 Å². The van der Waals surface area contributed by atoms with Crippen LogP contribution >= 0.6 is 0 Å². The van der Waals surface area contributed by atoms with E-state index in [1.54, 1.807) is 36.4 Å². The van der Waals surface area contributed by atoms with Crippen molar-refractivity contribution in [1.29, 1.82) is 5.26 Å². The minimum absolute atomic E-state index is 0.359. The molecule has 3 amide bonds. The highest BCUT2D eigenvalue weighted by Crippen LogP contribution is 2.37. The Hall–Kier alpha value is -3.40. The Kier molecular flexibility index (Phi) is 3.62. The molecule has 4 rings (SSSR count). The molecule has 0 spiro atoms. The van der Waals surface area contributed by atoms with Gasteiger partial charge < -0.3 is 9.64 Å². The highest BCUT2D eigenvalue weighted by atomic mass is 16.5. The summed E-state index contributed by atoms with van der Waals surface area (Å²) < 4.78 is 5.23. The first-order valence-corrected chi connectivity index (χ1v) is 8.26. The Morgan fingerprint density at radius 1 is 1.19 bits per heavy atom. The number of ether oxygens (including phenoxy) is 1. The first-order chi connectivity index (χ1) is 12.5. The number of urea groups is 1. The second kappa shape index (κ2) is 5.85. The zero-order valence-electron chi connectivity index (χ0n) is 14.0. The number of esters is 1. The topological polar surface area (TPSA) is 90.7 Å². The molecule has 0 N–H and O–H groups in total. The van der Waals surface area contributed by atoms with Gasteiger partial charge in [0.2, 0.25) is 0 Å². The summed E-state index contributed by atoms with van der Waals surface area (Å²) in [4.78, 5) is 39.7. The standard InChI is InChI=1S/C19H15N3O4/c1-11(23)26-16-8-9-21-17(16)18(24)22(19(21)25)15-7-6-12(10-20)13-4-2-3-5-14(13)15/h2-7,16-17H,8-9H2,1H3. The molecule has 0 aromatic heterocycles. The van der Waals surface area contributed by atoms with E-state index >= 15 is 0 Å². The number of carbonyl (C=O) groups is 3. The molecule has 2 aromatic rings. The van der Waals surface area contributed by atoms with Crippen LogP contribution in [0.4, 0.5) is 10.5 Å². The van der Waals surface area contributed by atoms with Crippen LogP contribution in [0.2, 0.25) is 0 Å². The van der Waals surface area contributed by atoms with Crippen LogP contribution in [0.25, 0.3) is 10.8 Å². The highest BCUT2D eigenvalue weighted by Gasteiger charge is 2.54. The largest absolute Gasteiger partial charge is 0.460 e. The first kappa shape index (κ1) is 16.1. The van der Waals surface area contributed by atoms with E-state index in [2.05, 4.69) is 6.07 Å². The van der Waals surface area contributed by atoms with E-state index in [0.717, 1.165) is 4.90 Å². The maximum absolute atomic E-state index is 13.0. The third-order valence-electron chi connectivity index (χ3n) is 4.83.